The molecule has 1 unspecified atom stereocenters. The zero-order valence-corrected chi connectivity index (χ0v) is 11.4. The Hall–Kier alpha value is -0.260. The van der Waals surface area contributed by atoms with Crippen molar-refractivity contribution in [2.45, 2.75) is 50.1 Å². The van der Waals surface area contributed by atoms with Gasteiger partial charge in [0, 0.05) is 19.1 Å². The summed E-state index contributed by atoms with van der Waals surface area (Å²) in [4.78, 5) is 13.6. The van der Waals surface area contributed by atoms with E-state index in [1.54, 1.807) is 0 Å². The lowest BCUT2D eigenvalue weighted by atomic mass is 10.0. The van der Waals surface area contributed by atoms with Gasteiger partial charge in [-0.1, -0.05) is 0 Å². The molecule has 0 aromatic rings. The minimum absolute atomic E-state index is 0.0205. The molecule has 5 heteroatoms. The number of thioether (sulfide) groups is 1. The van der Waals surface area contributed by atoms with Crippen molar-refractivity contribution in [3.05, 3.63) is 0 Å². The maximum atomic E-state index is 11.1. The Bertz CT molecular complexity index is 288. The summed E-state index contributed by atoms with van der Waals surface area (Å²) in [5.41, 5.74) is 0. The standard InChI is InChI=1S/C12H22N2O2S/c1-9(2)14-6-4-12(5-7-14)13-10(11(15)16)3-8-17-12/h9-10,13H,3-8H2,1-2H3,(H,15,16). The summed E-state index contributed by atoms with van der Waals surface area (Å²) in [5.74, 6) is 0.266. The molecule has 0 saturated carbocycles. The number of nitrogens with zero attached hydrogens (tertiary/aromatic N) is 1. The van der Waals surface area contributed by atoms with Crippen molar-refractivity contribution in [3.63, 3.8) is 0 Å². The molecule has 0 amide bonds. The quantitative estimate of drug-likeness (QED) is 0.783. The highest BCUT2D eigenvalue weighted by molar-refractivity contribution is 8.00. The minimum Gasteiger partial charge on any atom is -0.480 e. The molecule has 98 valence electrons. The number of piperidine rings is 1. The second kappa shape index (κ2) is 5.16. The van der Waals surface area contributed by atoms with Crippen LogP contribution < -0.4 is 5.32 Å². The highest BCUT2D eigenvalue weighted by Gasteiger charge is 2.41. The van der Waals surface area contributed by atoms with Crippen molar-refractivity contribution >= 4 is 17.7 Å². The van der Waals surface area contributed by atoms with Crippen molar-refractivity contribution in [2.24, 2.45) is 0 Å². The summed E-state index contributed by atoms with van der Waals surface area (Å²) in [6, 6.07) is 0.248. The highest BCUT2D eigenvalue weighted by Crippen LogP contribution is 2.38. The van der Waals surface area contributed by atoms with E-state index in [1.807, 2.05) is 11.8 Å². The van der Waals surface area contributed by atoms with E-state index in [2.05, 4.69) is 24.1 Å². The first-order valence-corrected chi connectivity index (χ1v) is 7.39. The first kappa shape index (κ1) is 13.2. The summed E-state index contributed by atoms with van der Waals surface area (Å²) in [6.45, 7) is 6.59. The van der Waals surface area contributed by atoms with Gasteiger partial charge in [0.1, 0.15) is 6.04 Å². The Balaban J connectivity index is 1.95. The van der Waals surface area contributed by atoms with Gasteiger partial charge in [0.15, 0.2) is 0 Å². The van der Waals surface area contributed by atoms with Gasteiger partial charge in [0.25, 0.3) is 0 Å². The molecule has 0 aromatic carbocycles. The highest BCUT2D eigenvalue weighted by atomic mass is 32.2. The van der Waals surface area contributed by atoms with Gasteiger partial charge in [-0.25, -0.2) is 0 Å². The second-order valence-corrected chi connectivity index (χ2v) is 6.77. The summed E-state index contributed by atoms with van der Waals surface area (Å²) < 4.78 is 0. The van der Waals surface area contributed by atoms with Crippen molar-refractivity contribution in [3.8, 4) is 0 Å². The topological polar surface area (TPSA) is 52.6 Å². The third-order valence-corrected chi connectivity index (χ3v) is 5.37. The van der Waals surface area contributed by atoms with E-state index >= 15 is 0 Å². The smallest absolute Gasteiger partial charge is 0.320 e. The lowest BCUT2D eigenvalue weighted by Crippen LogP contribution is -2.59. The van der Waals surface area contributed by atoms with E-state index in [1.165, 1.54) is 0 Å². The molecule has 17 heavy (non-hydrogen) atoms. The molecule has 2 aliphatic heterocycles. The normalized spacial score (nSPS) is 29.7. The Morgan fingerprint density at radius 2 is 2.12 bits per heavy atom. The van der Waals surface area contributed by atoms with Gasteiger partial charge in [-0.2, -0.15) is 0 Å². The van der Waals surface area contributed by atoms with E-state index in [9.17, 15) is 4.79 Å². The number of rotatable bonds is 2. The molecule has 2 N–H and O–H groups in total. The van der Waals surface area contributed by atoms with E-state index < -0.39 is 5.97 Å². The number of carbonyl (C=O) groups is 1. The number of nitrogens with one attached hydrogen (secondary N) is 1. The van der Waals surface area contributed by atoms with Crippen LogP contribution in [0.1, 0.15) is 33.1 Å². The van der Waals surface area contributed by atoms with Crippen LogP contribution in [0.4, 0.5) is 0 Å². The molecule has 0 aliphatic carbocycles. The van der Waals surface area contributed by atoms with Crippen molar-refractivity contribution in [2.75, 3.05) is 18.8 Å². The SMILES string of the molecule is CC(C)N1CCC2(CC1)NC(C(=O)O)CCS2. The van der Waals surface area contributed by atoms with Crippen LogP contribution in [0.5, 0.6) is 0 Å². The van der Waals surface area contributed by atoms with Crippen molar-refractivity contribution in [1.82, 2.24) is 10.2 Å². The van der Waals surface area contributed by atoms with Crippen molar-refractivity contribution < 1.29 is 9.90 Å². The number of carboxylic acids is 1. The zero-order valence-electron chi connectivity index (χ0n) is 10.6. The molecule has 2 rings (SSSR count). The average Bonchev–Trinajstić information content (AvgIpc) is 2.29. The number of likely N-dealkylation sites (tertiary alicyclic amines) is 1. The molecule has 0 aromatic heterocycles. The number of hydrogen-bond donors (Lipinski definition) is 2. The maximum Gasteiger partial charge on any atom is 0.320 e. The predicted octanol–water partition coefficient (Wildman–Crippen LogP) is 1.37. The molecule has 0 bridgehead atoms. The number of hydrogen-bond acceptors (Lipinski definition) is 4. The van der Waals surface area contributed by atoms with Gasteiger partial charge in [0.2, 0.25) is 0 Å². The number of aliphatic carboxylic acids is 1. The minimum atomic E-state index is -0.698. The van der Waals surface area contributed by atoms with E-state index in [0.717, 1.165) is 38.1 Å². The Morgan fingerprint density at radius 3 is 2.65 bits per heavy atom. The maximum absolute atomic E-state index is 11.1. The van der Waals surface area contributed by atoms with Crippen LogP contribution in [0.3, 0.4) is 0 Å². The Labute approximate surface area is 107 Å². The summed E-state index contributed by atoms with van der Waals surface area (Å²) in [6.07, 6.45) is 2.86. The van der Waals surface area contributed by atoms with Gasteiger partial charge in [-0.15, -0.1) is 11.8 Å². The first-order chi connectivity index (χ1) is 8.02. The van der Waals surface area contributed by atoms with Crippen LogP contribution in [0.15, 0.2) is 0 Å². The van der Waals surface area contributed by atoms with Gasteiger partial charge in [0.05, 0.1) is 4.87 Å². The summed E-state index contributed by atoms with van der Waals surface area (Å²) in [7, 11) is 0. The molecule has 1 spiro atoms. The molecule has 0 radical (unpaired) electrons. The molecular weight excluding hydrogens is 236 g/mol. The molecule has 4 nitrogen and oxygen atoms in total. The molecule has 2 heterocycles. The summed E-state index contributed by atoms with van der Waals surface area (Å²) in [5, 5.41) is 12.5. The lowest BCUT2D eigenvalue weighted by Gasteiger charge is -2.47. The van der Waals surface area contributed by atoms with Crippen LogP contribution in [-0.2, 0) is 4.79 Å². The predicted molar refractivity (Wildman–Crippen MR) is 70.3 cm³/mol. The van der Waals surface area contributed by atoms with Gasteiger partial charge >= 0.3 is 5.97 Å². The van der Waals surface area contributed by atoms with Crippen LogP contribution in [0.25, 0.3) is 0 Å². The third-order valence-electron chi connectivity index (χ3n) is 3.86. The fourth-order valence-electron chi connectivity index (χ4n) is 2.68. The molecule has 2 aliphatic rings. The van der Waals surface area contributed by atoms with Crippen molar-refractivity contribution in [1.29, 1.82) is 0 Å². The van der Waals surface area contributed by atoms with Gasteiger partial charge < -0.3 is 10.0 Å². The molecular formula is C12H22N2O2S. The third kappa shape index (κ3) is 2.95. The largest absolute Gasteiger partial charge is 0.480 e. The van der Waals surface area contributed by atoms with Gasteiger partial charge in [-0.05, 0) is 38.9 Å². The second-order valence-electron chi connectivity index (χ2n) is 5.30. The van der Waals surface area contributed by atoms with Crippen LogP contribution in [0.2, 0.25) is 0 Å². The van der Waals surface area contributed by atoms with E-state index in [4.69, 9.17) is 5.11 Å². The number of carboxylic acid groups (broad SMARTS) is 1. The monoisotopic (exact) mass is 258 g/mol. The van der Waals surface area contributed by atoms with E-state index in [0.29, 0.717) is 6.04 Å². The molecule has 1 atom stereocenters. The molecule has 2 saturated heterocycles. The Morgan fingerprint density at radius 1 is 1.47 bits per heavy atom. The average molecular weight is 258 g/mol. The van der Waals surface area contributed by atoms with Gasteiger partial charge in [-0.3, -0.25) is 10.1 Å². The zero-order chi connectivity index (χ0) is 12.5. The lowest BCUT2D eigenvalue weighted by molar-refractivity contribution is -0.140. The van der Waals surface area contributed by atoms with Crippen LogP contribution in [0, 0.1) is 0 Å². The fourth-order valence-corrected chi connectivity index (χ4v) is 4.12. The Kier molecular flexibility index (Phi) is 4.00. The van der Waals surface area contributed by atoms with Crippen LogP contribution in [-0.4, -0.2) is 51.8 Å². The summed E-state index contributed by atoms with van der Waals surface area (Å²) >= 11 is 1.92. The fraction of sp³-hybridized carbons (Fsp3) is 0.917. The van der Waals surface area contributed by atoms with E-state index in [-0.39, 0.29) is 10.9 Å². The molecule has 2 fully saturated rings. The van der Waals surface area contributed by atoms with Crippen LogP contribution >= 0.6 is 11.8 Å². The first-order valence-electron chi connectivity index (χ1n) is 6.41.